The van der Waals surface area contributed by atoms with E-state index in [2.05, 4.69) is 5.32 Å². The van der Waals surface area contributed by atoms with E-state index in [-0.39, 0.29) is 17.6 Å². The maximum Gasteiger partial charge on any atom is 0.290 e. The van der Waals surface area contributed by atoms with Gasteiger partial charge in [-0.25, -0.2) is 0 Å². The zero-order chi connectivity index (χ0) is 14.8. The predicted molar refractivity (Wildman–Crippen MR) is 77.7 cm³/mol. The second kappa shape index (κ2) is 5.44. The molecule has 3 rings (SSSR count). The minimum Gasteiger partial charge on any atom is -0.459 e. The monoisotopic (exact) mass is 284 g/mol. The van der Waals surface area contributed by atoms with Crippen molar-refractivity contribution in [3.05, 3.63) is 48.4 Å². The van der Waals surface area contributed by atoms with Crippen LogP contribution >= 0.6 is 0 Å². The first kappa shape index (κ1) is 13.4. The third-order valence-electron chi connectivity index (χ3n) is 3.70. The lowest BCUT2D eigenvalue weighted by molar-refractivity contribution is -0.127. The number of piperazine rings is 1. The van der Waals surface area contributed by atoms with Crippen molar-refractivity contribution in [2.45, 2.75) is 13.0 Å². The number of furan rings is 1. The van der Waals surface area contributed by atoms with E-state index in [0.717, 1.165) is 11.1 Å². The van der Waals surface area contributed by atoms with E-state index >= 15 is 0 Å². The van der Waals surface area contributed by atoms with Crippen LogP contribution in [0.1, 0.15) is 17.5 Å². The van der Waals surface area contributed by atoms with Crippen LogP contribution in [0, 0.1) is 0 Å². The lowest BCUT2D eigenvalue weighted by atomic mass is 10.1. The van der Waals surface area contributed by atoms with Gasteiger partial charge in [-0.1, -0.05) is 30.3 Å². The molecule has 1 aromatic heterocycles. The van der Waals surface area contributed by atoms with Crippen LogP contribution in [0.25, 0.3) is 11.1 Å². The first-order chi connectivity index (χ1) is 10.2. The number of carbonyl (C=O) groups is 2. The minimum absolute atomic E-state index is 0.137. The molecule has 1 aliphatic rings. The average Bonchev–Trinajstić information content (AvgIpc) is 3.00. The molecule has 0 spiro atoms. The third kappa shape index (κ3) is 2.42. The summed E-state index contributed by atoms with van der Waals surface area (Å²) in [6.45, 7) is 2.68. The molecule has 5 heteroatoms. The highest BCUT2D eigenvalue weighted by Gasteiger charge is 2.32. The second-order valence-electron chi connectivity index (χ2n) is 4.99. The number of benzene rings is 1. The molecule has 0 radical (unpaired) electrons. The quantitative estimate of drug-likeness (QED) is 0.916. The summed E-state index contributed by atoms with van der Waals surface area (Å²) in [5.41, 5.74) is 1.67. The SMILES string of the molecule is CC1C(=O)NCCN1C(=O)c1occc1-c1ccccc1. The molecule has 0 aliphatic carbocycles. The molecule has 1 N–H and O–H groups in total. The summed E-state index contributed by atoms with van der Waals surface area (Å²) >= 11 is 0. The maximum absolute atomic E-state index is 12.7. The Bertz CT molecular complexity index is 663. The molecule has 108 valence electrons. The van der Waals surface area contributed by atoms with Crippen molar-refractivity contribution in [1.29, 1.82) is 0 Å². The largest absolute Gasteiger partial charge is 0.459 e. The van der Waals surface area contributed by atoms with Gasteiger partial charge in [-0.05, 0) is 18.6 Å². The third-order valence-corrected chi connectivity index (χ3v) is 3.70. The molecule has 2 aromatic rings. The van der Waals surface area contributed by atoms with Crippen LogP contribution in [-0.4, -0.2) is 35.8 Å². The molecule has 0 saturated carbocycles. The standard InChI is InChI=1S/C16H16N2O3/c1-11-15(19)17-8-9-18(11)16(20)14-13(7-10-21-14)12-5-3-2-4-6-12/h2-7,10-11H,8-9H2,1H3,(H,17,19). The number of amides is 2. The van der Waals surface area contributed by atoms with E-state index < -0.39 is 6.04 Å². The van der Waals surface area contributed by atoms with Crippen LogP contribution in [0.4, 0.5) is 0 Å². The van der Waals surface area contributed by atoms with Crippen molar-refractivity contribution in [3.63, 3.8) is 0 Å². The summed E-state index contributed by atoms with van der Waals surface area (Å²) in [7, 11) is 0. The summed E-state index contributed by atoms with van der Waals surface area (Å²) in [4.78, 5) is 25.9. The molecule has 1 fully saturated rings. The summed E-state index contributed by atoms with van der Waals surface area (Å²) in [5.74, 6) is -0.105. The zero-order valence-electron chi connectivity index (χ0n) is 11.7. The van der Waals surface area contributed by atoms with Crippen molar-refractivity contribution >= 4 is 11.8 Å². The van der Waals surface area contributed by atoms with Gasteiger partial charge in [-0.3, -0.25) is 9.59 Å². The van der Waals surface area contributed by atoms with Crippen molar-refractivity contribution in [2.24, 2.45) is 0 Å². The fraction of sp³-hybridized carbons (Fsp3) is 0.250. The summed E-state index contributed by atoms with van der Waals surface area (Å²) in [6.07, 6.45) is 1.50. The second-order valence-corrected chi connectivity index (χ2v) is 4.99. The van der Waals surface area contributed by atoms with E-state index in [1.165, 1.54) is 6.26 Å². The first-order valence-corrected chi connectivity index (χ1v) is 6.90. The number of nitrogens with one attached hydrogen (secondary N) is 1. The van der Waals surface area contributed by atoms with Gasteiger partial charge in [0.25, 0.3) is 5.91 Å². The molecule has 1 aliphatic heterocycles. The van der Waals surface area contributed by atoms with E-state index in [4.69, 9.17) is 4.42 Å². The molecular formula is C16H16N2O3. The zero-order valence-corrected chi connectivity index (χ0v) is 11.7. The van der Waals surface area contributed by atoms with Crippen LogP contribution < -0.4 is 5.32 Å². The van der Waals surface area contributed by atoms with Crippen LogP contribution in [0.5, 0.6) is 0 Å². The number of nitrogens with zero attached hydrogens (tertiary/aromatic N) is 1. The van der Waals surface area contributed by atoms with Gasteiger partial charge in [0.05, 0.1) is 6.26 Å². The molecule has 1 saturated heterocycles. The van der Waals surface area contributed by atoms with Crippen LogP contribution in [-0.2, 0) is 4.79 Å². The maximum atomic E-state index is 12.7. The van der Waals surface area contributed by atoms with Gasteiger partial charge in [-0.2, -0.15) is 0 Å². The lowest BCUT2D eigenvalue weighted by Gasteiger charge is -2.32. The molecule has 5 nitrogen and oxygen atoms in total. The van der Waals surface area contributed by atoms with Gasteiger partial charge in [-0.15, -0.1) is 0 Å². The Morgan fingerprint density at radius 1 is 1.29 bits per heavy atom. The Kier molecular flexibility index (Phi) is 3.48. The van der Waals surface area contributed by atoms with Crippen molar-refractivity contribution in [3.8, 4) is 11.1 Å². The van der Waals surface area contributed by atoms with E-state index in [1.54, 1.807) is 17.9 Å². The van der Waals surface area contributed by atoms with Crippen molar-refractivity contribution < 1.29 is 14.0 Å². The topological polar surface area (TPSA) is 62.6 Å². The average molecular weight is 284 g/mol. The smallest absolute Gasteiger partial charge is 0.290 e. The molecule has 1 unspecified atom stereocenters. The van der Waals surface area contributed by atoms with Gasteiger partial charge in [0.15, 0.2) is 5.76 Å². The number of carbonyl (C=O) groups excluding carboxylic acids is 2. The normalized spacial score (nSPS) is 18.4. The van der Waals surface area contributed by atoms with Crippen LogP contribution in [0.2, 0.25) is 0 Å². The summed E-state index contributed by atoms with van der Waals surface area (Å²) in [5, 5.41) is 2.74. The first-order valence-electron chi connectivity index (χ1n) is 6.90. The highest BCUT2D eigenvalue weighted by Crippen LogP contribution is 2.26. The van der Waals surface area contributed by atoms with Gasteiger partial charge in [0.1, 0.15) is 6.04 Å². The lowest BCUT2D eigenvalue weighted by Crippen LogP contribution is -2.55. The highest BCUT2D eigenvalue weighted by molar-refractivity contribution is 6.00. The Morgan fingerprint density at radius 2 is 2.05 bits per heavy atom. The predicted octanol–water partition coefficient (Wildman–Crippen LogP) is 1.91. The highest BCUT2D eigenvalue weighted by atomic mass is 16.3. The van der Waals surface area contributed by atoms with Crippen LogP contribution in [0.15, 0.2) is 47.1 Å². The fourth-order valence-corrected chi connectivity index (χ4v) is 2.51. The van der Waals surface area contributed by atoms with Gasteiger partial charge in [0, 0.05) is 18.7 Å². The Balaban J connectivity index is 1.93. The number of hydrogen-bond donors (Lipinski definition) is 1. The van der Waals surface area contributed by atoms with Gasteiger partial charge >= 0.3 is 0 Å². The Morgan fingerprint density at radius 3 is 2.81 bits per heavy atom. The molecule has 0 bridgehead atoms. The molecule has 2 heterocycles. The van der Waals surface area contributed by atoms with Gasteiger partial charge in [0.2, 0.25) is 5.91 Å². The van der Waals surface area contributed by atoms with Gasteiger partial charge < -0.3 is 14.6 Å². The molecule has 21 heavy (non-hydrogen) atoms. The van der Waals surface area contributed by atoms with E-state index in [1.807, 2.05) is 30.3 Å². The number of rotatable bonds is 2. The number of hydrogen-bond acceptors (Lipinski definition) is 3. The van der Waals surface area contributed by atoms with E-state index in [0.29, 0.717) is 13.1 Å². The van der Waals surface area contributed by atoms with Crippen molar-refractivity contribution in [2.75, 3.05) is 13.1 Å². The Hall–Kier alpha value is -2.56. The Labute approximate surface area is 122 Å². The summed E-state index contributed by atoms with van der Waals surface area (Å²) < 4.78 is 5.39. The molecule has 2 amide bonds. The molecular weight excluding hydrogens is 268 g/mol. The van der Waals surface area contributed by atoms with E-state index in [9.17, 15) is 9.59 Å². The van der Waals surface area contributed by atoms with Crippen molar-refractivity contribution in [1.82, 2.24) is 10.2 Å². The minimum atomic E-state index is -0.486. The molecule has 1 atom stereocenters. The van der Waals surface area contributed by atoms with Crippen LogP contribution in [0.3, 0.4) is 0 Å². The molecule has 1 aromatic carbocycles. The fourth-order valence-electron chi connectivity index (χ4n) is 2.51. The summed E-state index contributed by atoms with van der Waals surface area (Å²) in [6, 6.07) is 10.9.